The van der Waals surface area contributed by atoms with Gasteiger partial charge >= 0.3 is 0 Å². The molecule has 0 radical (unpaired) electrons. The number of Topliss-reactive ketones (excluding diaryl/α,β-unsaturated/α-hetero) is 1. The van der Waals surface area contributed by atoms with Crippen molar-refractivity contribution in [2.45, 2.75) is 12.5 Å². The van der Waals surface area contributed by atoms with Crippen LogP contribution in [0.3, 0.4) is 0 Å². The van der Waals surface area contributed by atoms with Gasteiger partial charge in [-0.3, -0.25) is 4.79 Å². The molecule has 2 N–H and O–H groups in total. The molecule has 0 bridgehead atoms. The van der Waals surface area contributed by atoms with E-state index in [9.17, 15) is 15.0 Å². The summed E-state index contributed by atoms with van der Waals surface area (Å²) in [7, 11) is 2.88. The Bertz CT molecular complexity index is 768. The number of benzene rings is 2. The number of methoxy groups -OCH3 is 2. The Labute approximate surface area is 132 Å². The lowest BCUT2D eigenvalue weighted by Gasteiger charge is -2.27. The Kier molecular flexibility index (Phi) is 3.73. The lowest BCUT2D eigenvalue weighted by molar-refractivity contribution is 0.0844. The first-order valence-corrected chi connectivity index (χ1v) is 7.01. The third-order valence-corrected chi connectivity index (χ3v) is 3.77. The van der Waals surface area contributed by atoms with Gasteiger partial charge in [-0.1, -0.05) is 6.07 Å². The molecule has 1 aliphatic rings. The number of carbonyl (C=O) groups is 1. The Balaban J connectivity index is 2.01. The van der Waals surface area contributed by atoms with Gasteiger partial charge < -0.3 is 24.4 Å². The average Bonchev–Trinajstić information content (AvgIpc) is 2.53. The Morgan fingerprint density at radius 1 is 1.09 bits per heavy atom. The minimum atomic E-state index is -0.531. The third kappa shape index (κ3) is 2.63. The molecular formula is C17H16O6. The largest absolute Gasteiger partial charge is 0.508 e. The van der Waals surface area contributed by atoms with Crippen molar-refractivity contribution in [3.8, 4) is 28.7 Å². The minimum absolute atomic E-state index is 0.0121. The highest BCUT2D eigenvalue weighted by atomic mass is 16.5. The fraction of sp³-hybridized carbons (Fsp3) is 0.235. The monoisotopic (exact) mass is 316 g/mol. The van der Waals surface area contributed by atoms with Gasteiger partial charge in [-0.2, -0.15) is 0 Å². The zero-order chi connectivity index (χ0) is 16.6. The molecule has 0 fully saturated rings. The lowest BCUT2D eigenvalue weighted by atomic mass is 9.95. The zero-order valence-electron chi connectivity index (χ0n) is 12.7. The van der Waals surface area contributed by atoms with Gasteiger partial charge in [-0.25, -0.2) is 0 Å². The molecule has 0 aliphatic carbocycles. The molecule has 0 spiro atoms. The predicted molar refractivity (Wildman–Crippen MR) is 81.6 cm³/mol. The van der Waals surface area contributed by atoms with E-state index < -0.39 is 6.10 Å². The second kappa shape index (κ2) is 5.72. The second-order valence-corrected chi connectivity index (χ2v) is 5.19. The van der Waals surface area contributed by atoms with Crippen LogP contribution in [0, 0.1) is 0 Å². The lowest BCUT2D eigenvalue weighted by Crippen LogP contribution is -2.21. The standard InChI is InChI=1S/C17H16O6/c1-21-14-5-9(3-4-11(14)19)13-8-12(20)17-15(22-2)6-10(18)7-16(17)23-13/h3-7,13,18-19H,8H2,1-2H3/t13-/m0/s1. The van der Waals surface area contributed by atoms with Gasteiger partial charge in [0, 0.05) is 12.1 Å². The summed E-state index contributed by atoms with van der Waals surface area (Å²) in [5.41, 5.74) is 1.02. The molecule has 0 unspecified atom stereocenters. The zero-order valence-corrected chi connectivity index (χ0v) is 12.7. The second-order valence-electron chi connectivity index (χ2n) is 5.19. The molecule has 2 aromatic rings. The van der Waals surface area contributed by atoms with E-state index in [-0.39, 0.29) is 35.2 Å². The van der Waals surface area contributed by atoms with E-state index in [4.69, 9.17) is 14.2 Å². The maximum Gasteiger partial charge on any atom is 0.174 e. The normalized spacial score (nSPS) is 16.4. The van der Waals surface area contributed by atoms with Gasteiger partial charge in [-0.05, 0) is 17.7 Å². The van der Waals surface area contributed by atoms with Gasteiger partial charge in [0.1, 0.15) is 28.9 Å². The number of fused-ring (bicyclic) bond motifs is 1. The smallest absolute Gasteiger partial charge is 0.174 e. The van der Waals surface area contributed by atoms with Crippen LogP contribution in [0.15, 0.2) is 30.3 Å². The van der Waals surface area contributed by atoms with Crippen LogP contribution in [0.5, 0.6) is 28.7 Å². The molecule has 0 aromatic heterocycles. The molecule has 1 aliphatic heterocycles. The molecular weight excluding hydrogens is 300 g/mol. The summed E-state index contributed by atoms with van der Waals surface area (Å²) >= 11 is 0. The topological polar surface area (TPSA) is 85.2 Å². The maximum atomic E-state index is 12.5. The first-order valence-electron chi connectivity index (χ1n) is 7.01. The van der Waals surface area contributed by atoms with Crippen molar-refractivity contribution in [3.05, 3.63) is 41.5 Å². The molecule has 120 valence electrons. The summed E-state index contributed by atoms with van der Waals surface area (Å²) in [6.07, 6.45) is -0.404. The number of phenolic OH excluding ortho intramolecular Hbond substituents is 2. The first kappa shape index (κ1) is 15.0. The van der Waals surface area contributed by atoms with Crippen molar-refractivity contribution < 1.29 is 29.2 Å². The average molecular weight is 316 g/mol. The Hall–Kier alpha value is -2.89. The molecule has 0 saturated heterocycles. The summed E-state index contributed by atoms with van der Waals surface area (Å²) in [5.74, 6) is 0.690. The van der Waals surface area contributed by atoms with Gasteiger partial charge in [0.15, 0.2) is 17.3 Å². The molecule has 6 nitrogen and oxygen atoms in total. The molecule has 0 amide bonds. The van der Waals surface area contributed by atoms with Crippen LogP contribution in [0.1, 0.15) is 28.4 Å². The molecule has 1 heterocycles. The van der Waals surface area contributed by atoms with E-state index in [0.29, 0.717) is 16.9 Å². The number of ketones is 1. The number of aromatic hydroxyl groups is 2. The quantitative estimate of drug-likeness (QED) is 0.905. The van der Waals surface area contributed by atoms with Crippen molar-refractivity contribution in [1.82, 2.24) is 0 Å². The summed E-state index contributed by atoms with van der Waals surface area (Å²) in [6.45, 7) is 0. The molecule has 23 heavy (non-hydrogen) atoms. The van der Waals surface area contributed by atoms with Gasteiger partial charge in [0.25, 0.3) is 0 Å². The minimum Gasteiger partial charge on any atom is -0.508 e. The number of carbonyl (C=O) groups excluding carboxylic acids is 1. The fourth-order valence-corrected chi connectivity index (χ4v) is 2.65. The SMILES string of the molecule is COc1cc([C@@H]2CC(=O)c3c(OC)cc(O)cc3O2)ccc1O. The van der Waals surface area contributed by atoms with E-state index in [0.717, 1.165) is 0 Å². The Morgan fingerprint density at radius 2 is 1.83 bits per heavy atom. The van der Waals surface area contributed by atoms with E-state index in [1.54, 1.807) is 12.1 Å². The third-order valence-electron chi connectivity index (χ3n) is 3.77. The molecule has 2 aromatic carbocycles. The highest BCUT2D eigenvalue weighted by Crippen LogP contribution is 2.43. The van der Waals surface area contributed by atoms with Crippen LogP contribution in [-0.2, 0) is 0 Å². The van der Waals surface area contributed by atoms with Crippen molar-refractivity contribution in [2.24, 2.45) is 0 Å². The number of phenols is 2. The molecule has 0 saturated carbocycles. The number of hydrogen-bond donors (Lipinski definition) is 2. The van der Waals surface area contributed by atoms with Crippen LogP contribution >= 0.6 is 0 Å². The predicted octanol–water partition coefficient (Wildman–Crippen LogP) is 2.82. The maximum absolute atomic E-state index is 12.5. The summed E-state index contributed by atoms with van der Waals surface area (Å²) < 4.78 is 16.1. The van der Waals surface area contributed by atoms with E-state index in [1.807, 2.05) is 0 Å². The van der Waals surface area contributed by atoms with Crippen molar-refractivity contribution in [3.63, 3.8) is 0 Å². The molecule has 3 rings (SSSR count). The summed E-state index contributed by atoms with van der Waals surface area (Å²) in [5, 5.41) is 19.4. The van der Waals surface area contributed by atoms with Crippen molar-refractivity contribution >= 4 is 5.78 Å². The number of ether oxygens (including phenoxy) is 3. The highest BCUT2D eigenvalue weighted by Gasteiger charge is 2.31. The Morgan fingerprint density at radius 3 is 2.52 bits per heavy atom. The van der Waals surface area contributed by atoms with Gasteiger partial charge in [0.05, 0.1) is 20.6 Å². The van der Waals surface area contributed by atoms with E-state index in [1.165, 1.54) is 32.4 Å². The van der Waals surface area contributed by atoms with Crippen LogP contribution < -0.4 is 14.2 Å². The summed E-state index contributed by atoms with van der Waals surface area (Å²) in [6, 6.07) is 7.54. The van der Waals surface area contributed by atoms with Crippen LogP contribution in [0.25, 0.3) is 0 Å². The van der Waals surface area contributed by atoms with Crippen LogP contribution in [0.2, 0.25) is 0 Å². The van der Waals surface area contributed by atoms with E-state index >= 15 is 0 Å². The summed E-state index contributed by atoms with van der Waals surface area (Å²) in [4.78, 5) is 12.5. The van der Waals surface area contributed by atoms with Gasteiger partial charge in [0.2, 0.25) is 0 Å². The molecule has 6 heteroatoms. The van der Waals surface area contributed by atoms with Crippen molar-refractivity contribution in [1.29, 1.82) is 0 Å². The van der Waals surface area contributed by atoms with Crippen LogP contribution in [-0.4, -0.2) is 30.2 Å². The number of rotatable bonds is 3. The van der Waals surface area contributed by atoms with Crippen molar-refractivity contribution in [2.75, 3.05) is 14.2 Å². The molecule has 1 atom stereocenters. The fourth-order valence-electron chi connectivity index (χ4n) is 2.65. The highest BCUT2D eigenvalue weighted by molar-refractivity contribution is 6.02. The van der Waals surface area contributed by atoms with E-state index in [2.05, 4.69) is 0 Å². The first-order chi connectivity index (χ1) is 11.0. The van der Waals surface area contributed by atoms with Gasteiger partial charge in [-0.15, -0.1) is 0 Å². The number of hydrogen-bond acceptors (Lipinski definition) is 6. The van der Waals surface area contributed by atoms with Crippen LogP contribution in [0.4, 0.5) is 0 Å².